The summed E-state index contributed by atoms with van der Waals surface area (Å²) < 4.78 is 22.6. The Kier molecular flexibility index (Phi) is 2.97. The van der Waals surface area contributed by atoms with E-state index in [0.717, 1.165) is 0 Å². The minimum atomic E-state index is -2.12. The minimum Gasteiger partial charge on any atom is -0.459 e. The molecule has 11 atom stereocenters. The predicted octanol–water partition coefficient (Wildman–Crippen LogP) is -1.37. The first-order chi connectivity index (χ1) is 13.8. The largest absolute Gasteiger partial charge is 0.459 e. The molecule has 164 valence electrons. The molecule has 10 heteroatoms. The lowest BCUT2D eigenvalue weighted by molar-refractivity contribution is -0.239. The standard InChI is InChI=1S/C20H24O10/c1-6-12(23)27-7-5-17-11-8(21)9(16(2,3)4)18(17)10(22)13(24)29-15(18)30-20(17,14(25)28-11)19(6,7)26/h6-11,15,21-22,26H,5H2,1-4H3/t6-,7+,8-,9+,10+,11?,15+,17-,18+,19-,20?/m1/s1. The summed E-state index contributed by atoms with van der Waals surface area (Å²) in [6.45, 7) is 6.97. The van der Waals surface area contributed by atoms with Crippen LogP contribution in [0.4, 0.5) is 0 Å². The topological polar surface area (TPSA) is 149 Å². The molecule has 10 nitrogen and oxygen atoms in total. The number of rotatable bonds is 0. The van der Waals surface area contributed by atoms with Crippen molar-refractivity contribution in [3.05, 3.63) is 0 Å². The molecule has 3 N–H and O–H groups in total. The van der Waals surface area contributed by atoms with E-state index in [2.05, 4.69) is 0 Å². The van der Waals surface area contributed by atoms with Gasteiger partial charge in [-0.05, 0) is 12.3 Å². The molecular weight excluding hydrogens is 400 g/mol. The quantitative estimate of drug-likeness (QED) is 0.314. The summed E-state index contributed by atoms with van der Waals surface area (Å²) >= 11 is 0. The van der Waals surface area contributed by atoms with E-state index in [1.807, 2.05) is 20.8 Å². The highest BCUT2D eigenvalue weighted by Crippen LogP contribution is 2.84. The highest BCUT2D eigenvalue weighted by Gasteiger charge is 3.02. The molecule has 0 bridgehead atoms. The maximum Gasteiger partial charge on any atom is 0.342 e. The highest BCUT2D eigenvalue weighted by atomic mass is 16.8. The van der Waals surface area contributed by atoms with Crippen LogP contribution in [-0.4, -0.2) is 75.1 Å². The van der Waals surface area contributed by atoms with Crippen molar-refractivity contribution in [2.24, 2.45) is 28.1 Å². The Balaban J connectivity index is 1.71. The summed E-state index contributed by atoms with van der Waals surface area (Å²) in [5.41, 5.74) is -7.95. The molecule has 2 unspecified atom stereocenters. The third-order valence-electron chi connectivity index (χ3n) is 8.91. The summed E-state index contributed by atoms with van der Waals surface area (Å²) in [7, 11) is 0. The second kappa shape index (κ2) is 4.69. The summed E-state index contributed by atoms with van der Waals surface area (Å²) in [6, 6.07) is 0. The Labute approximate surface area is 171 Å². The molecule has 6 aliphatic rings. The van der Waals surface area contributed by atoms with Gasteiger partial charge in [-0.3, -0.25) is 4.79 Å². The normalized spacial score (nSPS) is 60.1. The van der Waals surface area contributed by atoms with Gasteiger partial charge in [0.15, 0.2) is 11.7 Å². The fraction of sp³-hybridized carbons (Fsp3) is 0.850. The van der Waals surface area contributed by atoms with Crippen molar-refractivity contribution in [2.45, 2.75) is 76.0 Å². The summed E-state index contributed by atoms with van der Waals surface area (Å²) in [4.78, 5) is 38.2. The third-order valence-corrected chi connectivity index (χ3v) is 8.91. The van der Waals surface area contributed by atoms with Crippen LogP contribution in [0.5, 0.6) is 0 Å². The van der Waals surface area contributed by atoms with E-state index in [4.69, 9.17) is 18.9 Å². The first-order valence-electron chi connectivity index (χ1n) is 10.2. The van der Waals surface area contributed by atoms with Crippen LogP contribution in [-0.2, 0) is 33.3 Å². The van der Waals surface area contributed by atoms with Gasteiger partial charge in [0, 0.05) is 12.3 Å². The number of aliphatic hydroxyl groups is 3. The molecule has 30 heavy (non-hydrogen) atoms. The van der Waals surface area contributed by atoms with Crippen molar-refractivity contribution in [3.8, 4) is 0 Å². The third kappa shape index (κ3) is 1.35. The second-order valence-electron chi connectivity index (χ2n) is 10.7. The van der Waals surface area contributed by atoms with E-state index in [-0.39, 0.29) is 6.42 Å². The Morgan fingerprint density at radius 3 is 2.33 bits per heavy atom. The molecular formula is C20H24O10. The van der Waals surface area contributed by atoms with Gasteiger partial charge in [0.2, 0.25) is 11.9 Å². The molecule has 0 amide bonds. The van der Waals surface area contributed by atoms with E-state index in [0.29, 0.717) is 0 Å². The Hall–Kier alpha value is -1.75. The molecule has 0 aromatic heterocycles. The van der Waals surface area contributed by atoms with Gasteiger partial charge < -0.3 is 34.3 Å². The van der Waals surface area contributed by atoms with Gasteiger partial charge in [-0.1, -0.05) is 20.8 Å². The zero-order valence-electron chi connectivity index (χ0n) is 16.9. The monoisotopic (exact) mass is 424 g/mol. The lowest BCUT2D eigenvalue weighted by Gasteiger charge is -2.46. The molecule has 6 fully saturated rings. The highest BCUT2D eigenvalue weighted by molar-refractivity contribution is 5.93. The summed E-state index contributed by atoms with van der Waals surface area (Å²) in [6.07, 6.45) is -6.73. The van der Waals surface area contributed by atoms with E-state index in [9.17, 15) is 29.7 Å². The van der Waals surface area contributed by atoms with Crippen molar-refractivity contribution < 1.29 is 48.7 Å². The number of ether oxygens (including phenoxy) is 4. The number of aliphatic hydroxyl groups excluding tert-OH is 2. The zero-order chi connectivity index (χ0) is 21.8. The van der Waals surface area contributed by atoms with Gasteiger partial charge in [-0.2, -0.15) is 0 Å². The Bertz CT molecular complexity index is 925. The SMILES string of the molecule is C[C@@H]1C(=O)O[C@H]2C[C@]34C5OC(=O)C3(O[C@@H]3OC(=O)[C@H](O)[C@@]34[C@H](C(C)(C)C)[C@H]5O)[C@]21O. The number of fused-ring (bicyclic) bond motifs is 1. The number of hydrogen-bond acceptors (Lipinski definition) is 10. The molecule has 4 heterocycles. The van der Waals surface area contributed by atoms with Crippen LogP contribution < -0.4 is 0 Å². The van der Waals surface area contributed by atoms with Crippen LogP contribution in [0.2, 0.25) is 0 Å². The van der Waals surface area contributed by atoms with E-state index in [1.165, 1.54) is 6.92 Å². The molecule has 4 aliphatic heterocycles. The maximum absolute atomic E-state index is 13.4. The molecule has 0 aromatic carbocycles. The van der Waals surface area contributed by atoms with Gasteiger partial charge in [0.05, 0.1) is 22.9 Å². The van der Waals surface area contributed by atoms with Crippen molar-refractivity contribution in [3.63, 3.8) is 0 Å². The maximum atomic E-state index is 13.4. The van der Waals surface area contributed by atoms with Gasteiger partial charge in [0.1, 0.15) is 12.2 Å². The second-order valence-corrected chi connectivity index (χ2v) is 10.7. The first kappa shape index (κ1) is 19.0. The van der Waals surface area contributed by atoms with Gasteiger partial charge in [0.25, 0.3) is 0 Å². The molecule has 6 rings (SSSR count). The summed E-state index contributed by atoms with van der Waals surface area (Å²) in [5, 5.41) is 34.4. The molecule has 0 aromatic rings. The zero-order valence-corrected chi connectivity index (χ0v) is 16.9. The van der Waals surface area contributed by atoms with E-state index in [1.54, 1.807) is 0 Å². The Morgan fingerprint density at radius 1 is 1.03 bits per heavy atom. The van der Waals surface area contributed by atoms with Crippen LogP contribution in [0.3, 0.4) is 0 Å². The number of hydrogen-bond donors (Lipinski definition) is 3. The summed E-state index contributed by atoms with van der Waals surface area (Å²) in [5.74, 6) is -4.43. The molecule has 2 spiro atoms. The fourth-order valence-corrected chi connectivity index (χ4v) is 8.22. The average molecular weight is 424 g/mol. The molecule has 2 saturated carbocycles. The predicted molar refractivity (Wildman–Crippen MR) is 92.0 cm³/mol. The van der Waals surface area contributed by atoms with Gasteiger partial charge in [-0.25, -0.2) is 9.59 Å². The van der Waals surface area contributed by atoms with Gasteiger partial charge >= 0.3 is 17.9 Å². The van der Waals surface area contributed by atoms with Crippen LogP contribution >= 0.6 is 0 Å². The average Bonchev–Trinajstić information content (AvgIpc) is 3.32. The minimum absolute atomic E-state index is 0.107. The Morgan fingerprint density at radius 2 is 1.70 bits per heavy atom. The van der Waals surface area contributed by atoms with Crippen molar-refractivity contribution >= 4 is 17.9 Å². The van der Waals surface area contributed by atoms with Crippen LogP contribution in [0.1, 0.15) is 34.1 Å². The van der Waals surface area contributed by atoms with E-state index < -0.39 is 87.9 Å². The lowest BCUT2D eigenvalue weighted by Crippen LogP contribution is -2.66. The first-order valence-corrected chi connectivity index (χ1v) is 10.2. The number of carbonyl (C=O) groups excluding carboxylic acids is 3. The fourth-order valence-electron chi connectivity index (χ4n) is 8.22. The number of esters is 3. The lowest BCUT2D eigenvalue weighted by atomic mass is 9.51. The van der Waals surface area contributed by atoms with Crippen molar-refractivity contribution in [1.82, 2.24) is 0 Å². The number of carbonyl (C=O) groups is 3. The van der Waals surface area contributed by atoms with Crippen LogP contribution in [0.25, 0.3) is 0 Å². The van der Waals surface area contributed by atoms with Crippen molar-refractivity contribution in [2.75, 3.05) is 0 Å². The van der Waals surface area contributed by atoms with Crippen LogP contribution in [0, 0.1) is 28.1 Å². The molecule has 0 radical (unpaired) electrons. The van der Waals surface area contributed by atoms with Gasteiger partial charge in [-0.15, -0.1) is 0 Å². The van der Waals surface area contributed by atoms with Crippen LogP contribution in [0.15, 0.2) is 0 Å². The van der Waals surface area contributed by atoms with Crippen molar-refractivity contribution in [1.29, 1.82) is 0 Å². The molecule has 4 saturated heterocycles. The molecule has 2 aliphatic carbocycles. The van der Waals surface area contributed by atoms with E-state index >= 15 is 0 Å². The smallest absolute Gasteiger partial charge is 0.342 e.